The summed E-state index contributed by atoms with van der Waals surface area (Å²) in [7, 11) is 0. The third-order valence-corrected chi connectivity index (χ3v) is 5.79. The molecule has 2 N–H and O–H groups in total. The van der Waals surface area contributed by atoms with Crippen molar-refractivity contribution in [2.24, 2.45) is 11.1 Å². The topological polar surface area (TPSA) is 66.6 Å². The van der Waals surface area contributed by atoms with E-state index in [1.165, 1.54) is 0 Å². The summed E-state index contributed by atoms with van der Waals surface area (Å²) >= 11 is 0. The van der Waals surface area contributed by atoms with Gasteiger partial charge in [0.1, 0.15) is 5.41 Å². The number of amides is 2. The van der Waals surface area contributed by atoms with Gasteiger partial charge in [-0.1, -0.05) is 35.4 Å². The zero-order valence-electron chi connectivity index (χ0n) is 18.7. The summed E-state index contributed by atoms with van der Waals surface area (Å²) in [6.45, 7) is 15.3. The molecule has 3 rings (SSSR count). The van der Waals surface area contributed by atoms with Gasteiger partial charge in [-0.2, -0.15) is 0 Å². The molecular weight excluding hydrogens is 362 g/mol. The Hall–Kier alpha value is -2.66. The van der Waals surface area contributed by atoms with Crippen LogP contribution in [0, 0.1) is 47.0 Å². The fourth-order valence-electron chi connectivity index (χ4n) is 4.62. The first-order valence-corrected chi connectivity index (χ1v) is 9.96. The number of benzene rings is 2. The Morgan fingerprint density at radius 3 is 1.24 bits per heavy atom. The standard InChI is InChI=1S/C24H31N3O2/c1-13-9-15(3)19(16(4)10-13)26-21(28)24(7,8)22(29)27(23(26)25)20-17(5)11-14(2)12-18(20)6/h9-12,23H,25H2,1-8H3. The summed E-state index contributed by atoms with van der Waals surface area (Å²) in [5.41, 5.74) is 13.1. The third-order valence-electron chi connectivity index (χ3n) is 5.79. The SMILES string of the molecule is Cc1cc(C)c(N2C(=O)C(C)(C)C(=O)N(c3c(C)cc(C)cc3C)C2N)c(C)c1. The van der Waals surface area contributed by atoms with Crippen molar-refractivity contribution >= 4 is 23.2 Å². The Morgan fingerprint density at radius 1 is 0.690 bits per heavy atom. The summed E-state index contributed by atoms with van der Waals surface area (Å²) in [6, 6.07) is 8.16. The number of carbonyl (C=O) groups is 2. The van der Waals surface area contributed by atoms with E-state index < -0.39 is 11.7 Å². The molecule has 0 saturated carbocycles. The lowest BCUT2D eigenvalue weighted by Gasteiger charge is -2.48. The molecule has 0 spiro atoms. The lowest BCUT2D eigenvalue weighted by Crippen LogP contribution is -2.70. The Morgan fingerprint density at radius 2 is 0.966 bits per heavy atom. The smallest absolute Gasteiger partial charge is 0.244 e. The first-order chi connectivity index (χ1) is 13.4. The summed E-state index contributed by atoms with van der Waals surface area (Å²) < 4.78 is 0. The van der Waals surface area contributed by atoms with Crippen LogP contribution in [0.1, 0.15) is 47.2 Å². The predicted molar refractivity (Wildman–Crippen MR) is 118 cm³/mol. The highest BCUT2D eigenvalue weighted by molar-refractivity contribution is 6.20. The normalized spacial score (nSPS) is 17.3. The first-order valence-electron chi connectivity index (χ1n) is 9.96. The minimum Gasteiger partial charge on any atom is -0.293 e. The number of carbonyl (C=O) groups excluding carboxylic acids is 2. The van der Waals surface area contributed by atoms with Crippen LogP contribution in [0.3, 0.4) is 0 Å². The number of aryl methyl sites for hydroxylation is 6. The molecule has 1 aliphatic rings. The maximum absolute atomic E-state index is 13.5. The highest BCUT2D eigenvalue weighted by atomic mass is 16.2. The number of rotatable bonds is 2. The van der Waals surface area contributed by atoms with E-state index in [0.717, 1.165) is 44.8 Å². The summed E-state index contributed by atoms with van der Waals surface area (Å²) in [4.78, 5) is 30.1. The van der Waals surface area contributed by atoms with Crippen LogP contribution in [0.15, 0.2) is 24.3 Å². The number of hydrogen-bond acceptors (Lipinski definition) is 3. The highest BCUT2D eigenvalue weighted by Crippen LogP contribution is 2.40. The third kappa shape index (κ3) is 3.23. The largest absolute Gasteiger partial charge is 0.293 e. The van der Waals surface area contributed by atoms with Crippen LogP contribution in [0.5, 0.6) is 0 Å². The molecule has 2 aromatic carbocycles. The second-order valence-electron chi connectivity index (χ2n) is 8.88. The molecule has 0 bridgehead atoms. The van der Waals surface area contributed by atoms with Gasteiger partial charge in [0.05, 0.1) is 11.4 Å². The van der Waals surface area contributed by atoms with E-state index in [4.69, 9.17) is 5.73 Å². The van der Waals surface area contributed by atoms with Gasteiger partial charge in [0.15, 0.2) is 6.29 Å². The molecule has 0 atom stereocenters. The van der Waals surface area contributed by atoms with Gasteiger partial charge in [0.25, 0.3) is 0 Å². The second kappa shape index (κ2) is 6.99. The van der Waals surface area contributed by atoms with Crippen molar-refractivity contribution in [2.75, 3.05) is 9.80 Å². The fourth-order valence-corrected chi connectivity index (χ4v) is 4.62. The highest BCUT2D eigenvalue weighted by Gasteiger charge is 2.52. The Balaban J connectivity index is 2.26. The molecule has 0 unspecified atom stereocenters. The van der Waals surface area contributed by atoms with E-state index in [-0.39, 0.29) is 11.8 Å². The van der Waals surface area contributed by atoms with Crippen molar-refractivity contribution in [3.05, 3.63) is 57.6 Å². The molecule has 154 valence electrons. The van der Waals surface area contributed by atoms with Crippen LogP contribution in [0.25, 0.3) is 0 Å². The molecule has 2 aromatic rings. The van der Waals surface area contributed by atoms with Crippen LogP contribution < -0.4 is 15.5 Å². The molecule has 5 heteroatoms. The second-order valence-corrected chi connectivity index (χ2v) is 8.88. The fraction of sp³-hybridized carbons (Fsp3) is 0.417. The lowest BCUT2D eigenvalue weighted by atomic mass is 9.85. The van der Waals surface area contributed by atoms with Gasteiger partial charge >= 0.3 is 0 Å². The predicted octanol–water partition coefficient (Wildman–Crippen LogP) is 4.19. The van der Waals surface area contributed by atoms with E-state index >= 15 is 0 Å². The van der Waals surface area contributed by atoms with Crippen LogP contribution in [-0.4, -0.2) is 18.1 Å². The van der Waals surface area contributed by atoms with Gasteiger partial charge in [0.2, 0.25) is 11.8 Å². The molecule has 1 saturated heterocycles. The van der Waals surface area contributed by atoms with Crippen molar-refractivity contribution in [3.63, 3.8) is 0 Å². The van der Waals surface area contributed by atoms with Crippen molar-refractivity contribution < 1.29 is 9.59 Å². The van der Waals surface area contributed by atoms with Crippen LogP contribution in [0.2, 0.25) is 0 Å². The zero-order chi connectivity index (χ0) is 21.8. The van der Waals surface area contributed by atoms with Crippen molar-refractivity contribution in [2.45, 2.75) is 61.7 Å². The maximum Gasteiger partial charge on any atom is 0.244 e. The van der Waals surface area contributed by atoms with Gasteiger partial charge in [0, 0.05) is 0 Å². The number of nitrogens with two attached hydrogens (primary N) is 1. The molecule has 1 fully saturated rings. The monoisotopic (exact) mass is 393 g/mol. The minimum atomic E-state index is -1.22. The molecule has 1 aliphatic heterocycles. The lowest BCUT2D eigenvalue weighted by molar-refractivity contribution is -0.141. The van der Waals surface area contributed by atoms with Crippen LogP contribution >= 0.6 is 0 Å². The van der Waals surface area contributed by atoms with E-state index in [2.05, 4.69) is 0 Å². The maximum atomic E-state index is 13.5. The van der Waals surface area contributed by atoms with Crippen LogP contribution in [-0.2, 0) is 9.59 Å². The summed E-state index contributed by atoms with van der Waals surface area (Å²) in [5, 5.41) is 0. The zero-order valence-corrected chi connectivity index (χ0v) is 18.7. The summed E-state index contributed by atoms with van der Waals surface area (Å²) in [6.07, 6.45) is -0.914. The molecule has 0 radical (unpaired) electrons. The van der Waals surface area contributed by atoms with Gasteiger partial charge in [-0.05, 0) is 77.6 Å². The number of hydrogen-bond donors (Lipinski definition) is 1. The molecule has 0 aliphatic carbocycles. The van der Waals surface area contributed by atoms with Gasteiger partial charge in [-0.15, -0.1) is 0 Å². The van der Waals surface area contributed by atoms with E-state index in [9.17, 15) is 9.59 Å². The van der Waals surface area contributed by atoms with Crippen molar-refractivity contribution in [1.29, 1.82) is 0 Å². The van der Waals surface area contributed by atoms with E-state index in [1.807, 2.05) is 65.8 Å². The molecule has 2 amide bonds. The van der Waals surface area contributed by atoms with E-state index in [0.29, 0.717) is 0 Å². The number of anilines is 2. The molecule has 1 heterocycles. The number of nitrogens with zero attached hydrogens (tertiary/aromatic N) is 2. The van der Waals surface area contributed by atoms with Gasteiger partial charge < -0.3 is 0 Å². The average Bonchev–Trinajstić information content (AvgIpc) is 2.58. The average molecular weight is 394 g/mol. The van der Waals surface area contributed by atoms with E-state index in [1.54, 1.807) is 23.6 Å². The molecular formula is C24H31N3O2. The van der Waals surface area contributed by atoms with Crippen molar-refractivity contribution in [1.82, 2.24) is 0 Å². The van der Waals surface area contributed by atoms with Gasteiger partial charge in [-0.3, -0.25) is 25.1 Å². The first kappa shape index (κ1) is 21.1. The molecule has 5 nitrogen and oxygen atoms in total. The Labute approximate surface area is 173 Å². The minimum absolute atomic E-state index is 0.274. The molecule has 0 aromatic heterocycles. The summed E-state index contributed by atoms with van der Waals surface area (Å²) in [5.74, 6) is -0.549. The van der Waals surface area contributed by atoms with Gasteiger partial charge in [-0.25, -0.2) is 0 Å². The quantitative estimate of drug-likeness (QED) is 0.778. The Bertz CT molecular complexity index is 897. The van der Waals surface area contributed by atoms with Crippen molar-refractivity contribution in [3.8, 4) is 0 Å². The Kier molecular flexibility index (Phi) is 5.08. The molecule has 29 heavy (non-hydrogen) atoms. The van der Waals surface area contributed by atoms with Crippen LogP contribution in [0.4, 0.5) is 11.4 Å².